The van der Waals surface area contributed by atoms with Gasteiger partial charge in [0.2, 0.25) is 5.91 Å². The monoisotopic (exact) mass is 528 g/mol. The van der Waals surface area contributed by atoms with Crippen molar-refractivity contribution < 1.29 is 28.0 Å². The van der Waals surface area contributed by atoms with E-state index in [9.17, 15) is 19.5 Å². The van der Waals surface area contributed by atoms with E-state index in [1.165, 1.54) is 23.8 Å². The molecule has 0 saturated carbocycles. The Bertz CT molecular complexity index is 907. The van der Waals surface area contributed by atoms with Gasteiger partial charge in [0.15, 0.2) is 6.23 Å². The van der Waals surface area contributed by atoms with Crippen LogP contribution in [-0.4, -0.2) is 56.5 Å². The summed E-state index contributed by atoms with van der Waals surface area (Å²) in [7, 11) is -6.30. The molecule has 2 rings (SSSR count). The second-order valence-electron chi connectivity index (χ2n) is 10.6. The molecule has 3 atom stereocenters. The van der Waals surface area contributed by atoms with Crippen molar-refractivity contribution in [2.24, 2.45) is 0 Å². The first kappa shape index (κ1) is 29.8. The smallest absolute Gasteiger partial charge is 0.351 e. The van der Waals surface area contributed by atoms with Crippen molar-refractivity contribution in [1.82, 2.24) is 9.55 Å². The summed E-state index contributed by atoms with van der Waals surface area (Å²) >= 11 is 0. The Balaban J connectivity index is 2.21. The summed E-state index contributed by atoms with van der Waals surface area (Å²) in [6.45, 7) is 17.4. The lowest BCUT2D eigenvalue weighted by atomic mass is 10.2. The quantitative estimate of drug-likeness (QED) is 0.419. The van der Waals surface area contributed by atoms with E-state index in [1.807, 2.05) is 55.4 Å². The van der Waals surface area contributed by atoms with Gasteiger partial charge in [0.05, 0.1) is 21.3 Å². The fraction of sp³-hybridized carbons (Fsp3) is 0.783. The number of hydrogen-bond acceptors (Lipinski definition) is 8. The van der Waals surface area contributed by atoms with E-state index in [-0.39, 0.29) is 46.9 Å². The van der Waals surface area contributed by atoms with E-state index in [4.69, 9.17) is 13.3 Å². The van der Waals surface area contributed by atoms with Gasteiger partial charge in [-0.05, 0) is 28.2 Å². The molecule has 1 amide bonds. The highest BCUT2D eigenvalue weighted by Gasteiger charge is 2.50. The maximum absolute atomic E-state index is 13.9. The molecule has 0 aliphatic carbocycles. The molecule has 0 aromatic carbocycles. The molecule has 1 aliphatic rings. The van der Waals surface area contributed by atoms with Crippen molar-refractivity contribution in [2.75, 3.05) is 11.9 Å². The zero-order valence-electron chi connectivity index (χ0n) is 22.4. The molecule has 0 spiro atoms. The van der Waals surface area contributed by atoms with Gasteiger partial charge in [-0.2, -0.15) is 4.98 Å². The molecule has 0 unspecified atom stereocenters. The Hall–Kier alpha value is -1.42. The number of rotatable bonds is 11. The SMILES string of the molecule is CC(=O)Nc1ccn([C@@H]2O[C@H](CO[Si](O[Si]([O-])(C(C)C)C(C)C)(C(C)C)C(C)C)C[C@H]2O)c(=O)n1. The Morgan fingerprint density at radius 2 is 1.77 bits per heavy atom. The first-order valence-corrected chi connectivity index (χ1v) is 16.3. The van der Waals surface area contributed by atoms with E-state index in [0.29, 0.717) is 0 Å². The summed E-state index contributed by atoms with van der Waals surface area (Å²) in [5.41, 5.74) is -0.782. The summed E-state index contributed by atoms with van der Waals surface area (Å²) in [5, 5.41) is 13.1. The first-order valence-electron chi connectivity index (χ1n) is 12.4. The van der Waals surface area contributed by atoms with Crippen LogP contribution in [0.3, 0.4) is 0 Å². The molecule has 0 radical (unpaired) electrons. The van der Waals surface area contributed by atoms with E-state index in [2.05, 4.69) is 10.3 Å². The van der Waals surface area contributed by atoms with Crippen LogP contribution in [0.15, 0.2) is 17.1 Å². The van der Waals surface area contributed by atoms with Crippen molar-refractivity contribution in [3.63, 3.8) is 0 Å². The molecule has 1 aromatic heterocycles. The number of aromatic nitrogens is 2. The normalized spacial score (nSPS) is 21.5. The highest BCUT2D eigenvalue weighted by molar-refractivity contribution is 6.82. The topological polar surface area (TPSA) is 135 Å². The van der Waals surface area contributed by atoms with E-state index < -0.39 is 41.2 Å². The molecule has 2 N–H and O–H groups in total. The molecule has 1 saturated heterocycles. The van der Waals surface area contributed by atoms with Gasteiger partial charge in [-0.15, -0.1) is 0 Å². The molecular formula is C23H42N3O7Si2-. The van der Waals surface area contributed by atoms with Crippen molar-refractivity contribution in [1.29, 1.82) is 0 Å². The largest absolute Gasteiger partial charge is 0.838 e. The van der Waals surface area contributed by atoms with Gasteiger partial charge in [-0.1, -0.05) is 55.4 Å². The lowest BCUT2D eigenvalue weighted by Crippen LogP contribution is -2.66. The van der Waals surface area contributed by atoms with E-state index in [1.54, 1.807) is 0 Å². The minimum atomic E-state index is -3.33. The van der Waals surface area contributed by atoms with Crippen LogP contribution in [0.5, 0.6) is 0 Å². The van der Waals surface area contributed by atoms with E-state index in [0.717, 1.165) is 0 Å². The summed E-state index contributed by atoms with van der Waals surface area (Å²) < 4.78 is 20.3. The number of aliphatic hydroxyl groups is 1. The Kier molecular flexibility index (Phi) is 10.0. The van der Waals surface area contributed by atoms with Crippen LogP contribution in [0, 0.1) is 0 Å². The second kappa shape index (κ2) is 11.8. The number of carbonyl (C=O) groups is 1. The Labute approximate surface area is 210 Å². The average Bonchev–Trinajstić information content (AvgIpc) is 3.10. The minimum absolute atomic E-state index is 0.0380. The molecule has 1 aliphatic heterocycles. The molecule has 2 heterocycles. The van der Waals surface area contributed by atoms with Crippen molar-refractivity contribution in [3.05, 3.63) is 22.7 Å². The fourth-order valence-corrected chi connectivity index (χ4v) is 14.4. The minimum Gasteiger partial charge on any atom is -0.838 e. The predicted molar refractivity (Wildman–Crippen MR) is 136 cm³/mol. The van der Waals surface area contributed by atoms with Crippen molar-refractivity contribution >= 4 is 28.8 Å². The van der Waals surface area contributed by atoms with Crippen LogP contribution in [0.1, 0.15) is 75.0 Å². The van der Waals surface area contributed by atoms with Gasteiger partial charge < -0.3 is 28.5 Å². The highest BCUT2D eigenvalue weighted by atomic mass is 28.5. The molecule has 1 fully saturated rings. The van der Waals surface area contributed by atoms with Gasteiger partial charge in [-0.25, -0.2) is 4.79 Å². The van der Waals surface area contributed by atoms with Crippen molar-refractivity contribution in [2.45, 2.75) is 109 Å². The molecule has 200 valence electrons. The Morgan fingerprint density at radius 1 is 1.20 bits per heavy atom. The summed E-state index contributed by atoms with van der Waals surface area (Å²) in [5.74, 6) is -0.206. The van der Waals surface area contributed by atoms with Crippen molar-refractivity contribution in [3.8, 4) is 0 Å². The lowest BCUT2D eigenvalue weighted by molar-refractivity contribution is -0.240. The second-order valence-corrected chi connectivity index (χ2v) is 19.2. The average molecular weight is 529 g/mol. The maximum atomic E-state index is 13.9. The van der Waals surface area contributed by atoms with Crippen LogP contribution in [0.25, 0.3) is 0 Å². The first-order chi connectivity index (χ1) is 16.1. The third-order valence-corrected chi connectivity index (χ3v) is 16.2. The fourth-order valence-electron chi connectivity index (χ4n) is 4.58. The zero-order chi connectivity index (χ0) is 26.7. The van der Waals surface area contributed by atoms with Crippen LogP contribution in [-0.2, 0) is 18.1 Å². The molecule has 0 bridgehead atoms. The molecule has 35 heavy (non-hydrogen) atoms. The number of nitrogens with one attached hydrogen (secondary N) is 1. The summed E-state index contributed by atoms with van der Waals surface area (Å²) in [4.78, 5) is 41.4. The Morgan fingerprint density at radius 3 is 2.23 bits per heavy atom. The van der Waals surface area contributed by atoms with Gasteiger partial charge in [0.25, 0.3) is 0 Å². The van der Waals surface area contributed by atoms with E-state index >= 15 is 0 Å². The van der Waals surface area contributed by atoms with Gasteiger partial charge in [0, 0.05) is 19.5 Å². The van der Waals surface area contributed by atoms with Gasteiger partial charge in [-0.3, -0.25) is 9.36 Å². The number of ether oxygens (including phenoxy) is 1. The summed E-state index contributed by atoms with van der Waals surface area (Å²) in [6.07, 6.45) is -0.649. The standard InChI is InChI=1S/C23H42N3O7Si2/c1-14(2)34(30,15(3)4)33-35(16(5)6,17(7)8)31-13-19-12-20(28)22(32-19)26-11-10-21(24-18(9)27)25-23(26)29/h10-11,14-17,19-20,22,28H,12-13H2,1-9H3,(H,24,25,27,29)/q-1/t19-,20+,22+/m0/s1. The van der Waals surface area contributed by atoms with Gasteiger partial charge >= 0.3 is 14.3 Å². The number of amides is 1. The zero-order valence-corrected chi connectivity index (χ0v) is 24.4. The number of aliphatic hydroxyl groups excluding tert-OH is 1. The summed E-state index contributed by atoms with van der Waals surface area (Å²) in [6, 6.07) is 1.47. The molecular weight excluding hydrogens is 486 g/mol. The number of anilines is 1. The molecule has 1 aromatic rings. The number of carbonyl (C=O) groups excluding carboxylic acids is 1. The number of nitrogens with zero attached hydrogens (tertiary/aromatic N) is 2. The van der Waals surface area contributed by atoms with Crippen LogP contribution in [0.4, 0.5) is 5.82 Å². The maximum Gasteiger partial charge on any atom is 0.351 e. The molecule has 10 nitrogen and oxygen atoms in total. The van der Waals surface area contributed by atoms with Crippen LogP contribution < -0.4 is 15.8 Å². The number of hydrogen-bond donors (Lipinski definition) is 2. The third kappa shape index (κ3) is 6.67. The lowest BCUT2D eigenvalue weighted by Gasteiger charge is -2.53. The van der Waals surface area contributed by atoms with Crippen LogP contribution in [0.2, 0.25) is 22.2 Å². The molecule has 12 heteroatoms. The highest BCUT2D eigenvalue weighted by Crippen LogP contribution is 2.41. The van der Waals surface area contributed by atoms with Crippen LogP contribution >= 0.6 is 0 Å². The third-order valence-electron chi connectivity index (χ3n) is 6.61. The predicted octanol–water partition coefficient (Wildman–Crippen LogP) is 2.77. The van der Waals surface area contributed by atoms with Gasteiger partial charge in [0.1, 0.15) is 11.9 Å².